The van der Waals surface area contributed by atoms with Crippen molar-refractivity contribution in [1.82, 2.24) is 4.68 Å². The van der Waals surface area contributed by atoms with Crippen LogP contribution in [0.15, 0.2) is 57.9 Å². The van der Waals surface area contributed by atoms with Crippen molar-refractivity contribution in [3.8, 4) is 28.5 Å². The minimum absolute atomic E-state index is 0.687. The van der Waals surface area contributed by atoms with Crippen LogP contribution in [-0.4, -0.2) is 38.3 Å². The predicted octanol–water partition coefficient (Wildman–Crippen LogP) is 4.63. The van der Waals surface area contributed by atoms with Gasteiger partial charge in [0.15, 0.2) is 0 Å². The van der Waals surface area contributed by atoms with E-state index >= 15 is 0 Å². The van der Waals surface area contributed by atoms with E-state index < -0.39 is 0 Å². The van der Waals surface area contributed by atoms with Crippen molar-refractivity contribution in [2.24, 2.45) is 10.1 Å². The van der Waals surface area contributed by atoms with E-state index in [4.69, 9.17) is 19.3 Å². The fourth-order valence-corrected chi connectivity index (χ4v) is 3.97. The van der Waals surface area contributed by atoms with E-state index in [0.717, 1.165) is 45.4 Å². The average molecular weight is 426 g/mol. The highest BCUT2D eigenvalue weighted by molar-refractivity contribution is 7.07. The van der Waals surface area contributed by atoms with E-state index in [2.05, 4.69) is 22.5 Å². The summed E-state index contributed by atoms with van der Waals surface area (Å²) in [6, 6.07) is 13.8. The van der Waals surface area contributed by atoms with Crippen LogP contribution in [0, 0.1) is 0 Å². The molecular weight excluding hydrogens is 398 g/mol. The van der Waals surface area contributed by atoms with Gasteiger partial charge in [-0.2, -0.15) is 5.10 Å². The molecule has 1 aromatic heterocycles. The fraction of sp³-hybridized carbons (Fsp3) is 0.304. The number of aromatic nitrogens is 1. The summed E-state index contributed by atoms with van der Waals surface area (Å²) >= 11 is 1.56. The average Bonchev–Trinajstić information content (AvgIpc) is 3.15. The Morgan fingerprint density at radius 1 is 0.967 bits per heavy atom. The molecule has 3 aromatic rings. The Hall–Kier alpha value is -3.06. The van der Waals surface area contributed by atoms with Crippen molar-refractivity contribution in [1.29, 1.82) is 0 Å². The monoisotopic (exact) mass is 425 g/mol. The highest BCUT2D eigenvalue weighted by Crippen LogP contribution is 2.33. The van der Waals surface area contributed by atoms with Crippen LogP contribution >= 0.6 is 11.3 Å². The van der Waals surface area contributed by atoms with Crippen molar-refractivity contribution in [2.75, 3.05) is 27.9 Å². The Bertz CT molecular complexity index is 1080. The second kappa shape index (κ2) is 10.1. The van der Waals surface area contributed by atoms with Crippen molar-refractivity contribution in [3.05, 3.63) is 58.2 Å². The number of rotatable bonds is 8. The first-order chi connectivity index (χ1) is 14.6. The molecule has 30 heavy (non-hydrogen) atoms. The summed E-state index contributed by atoms with van der Waals surface area (Å²) in [5, 5.41) is 6.96. The van der Waals surface area contributed by atoms with Gasteiger partial charge in [-0.3, -0.25) is 4.99 Å². The van der Waals surface area contributed by atoms with Crippen molar-refractivity contribution in [3.63, 3.8) is 0 Å². The Labute approximate surface area is 181 Å². The molecule has 0 aliphatic heterocycles. The van der Waals surface area contributed by atoms with Gasteiger partial charge in [-0.05, 0) is 43.7 Å². The summed E-state index contributed by atoms with van der Waals surface area (Å²) in [6.45, 7) is 4.73. The molecule has 0 amide bonds. The Morgan fingerprint density at radius 3 is 2.30 bits per heavy atom. The van der Waals surface area contributed by atoms with Gasteiger partial charge in [0, 0.05) is 35.7 Å². The zero-order valence-electron chi connectivity index (χ0n) is 18.0. The lowest BCUT2D eigenvalue weighted by molar-refractivity contribution is 0.395. The van der Waals surface area contributed by atoms with Gasteiger partial charge in [0.05, 0.1) is 27.0 Å². The van der Waals surface area contributed by atoms with E-state index in [1.807, 2.05) is 48.9 Å². The summed E-state index contributed by atoms with van der Waals surface area (Å²) in [5.74, 6) is 2.32. The standard InChI is InChI=1S/C23H27N3O3S/c1-6-24-23-26(25-16(2)13-17-7-9-18(27-3)10-8-17)21(15-30-23)20-12-11-19(28-4)14-22(20)29-5/h7-12,14-15H,6,13H2,1-5H3. The summed E-state index contributed by atoms with van der Waals surface area (Å²) < 4.78 is 18.1. The number of methoxy groups -OCH3 is 3. The van der Waals surface area contributed by atoms with Crippen LogP contribution in [0.5, 0.6) is 17.2 Å². The van der Waals surface area contributed by atoms with Crippen LogP contribution in [0.2, 0.25) is 0 Å². The minimum atomic E-state index is 0.687. The molecular formula is C23H27N3O3S. The van der Waals surface area contributed by atoms with Crippen LogP contribution in [0.3, 0.4) is 0 Å². The van der Waals surface area contributed by atoms with E-state index in [1.165, 1.54) is 5.56 Å². The minimum Gasteiger partial charge on any atom is -0.497 e. The van der Waals surface area contributed by atoms with Crippen LogP contribution in [0.1, 0.15) is 19.4 Å². The molecule has 1 heterocycles. The SMILES string of the molecule is CCN=c1scc(-c2ccc(OC)cc2OC)n1N=C(C)Cc1ccc(OC)cc1. The molecule has 0 radical (unpaired) electrons. The van der Waals surface area contributed by atoms with Crippen molar-refractivity contribution < 1.29 is 14.2 Å². The van der Waals surface area contributed by atoms with Crippen molar-refractivity contribution >= 4 is 17.0 Å². The summed E-state index contributed by atoms with van der Waals surface area (Å²) in [7, 11) is 4.97. The number of nitrogens with zero attached hydrogens (tertiary/aromatic N) is 3. The maximum absolute atomic E-state index is 5.61. The Kier molecular flexibility index (Phi) is 7.30. The topological polar surface area (TPSA) is 57.3 Å². The fourth-order valence-electron chi connectivity index (χ4n) is 3.08. The number of ether oxygens (including phenoxy) is 3. The Morgan fingerprint density at radius 2 is 1.67 bits per heavy atom. The summed E-state index contributed by atoms with van der Waals surface area (Å²) in [5.41, 5.74) is 4.02. The Balaban J connectivity index is 2.02. The highest BCUT2D eigenvalue weighted by atomic mass is 32.1. The third-order valence-corrected chi connectivity index (χ3v) is 5.41. The molecule has 7 heteroatoms. The second-order valence-electron chi connectivity index (χ2n) is 6.62. The first-order valence-electron chi connectivity index (χ1n) is 9.70. The van der Waals surface area contributed by atoms with Crippen LogP contribution in [-0.2, 0) is 6.42 Å². The smallest absolute Gasteiger partial charge is 0.206 e. The van der Waals surface area contributed by atoms with E-state index in [1.54, 1.807) is 32.7 Å². The van der Waals surface area contributed by atoms with E-state index in [9.17, 15) is 0 Å². The van der Waals surface area contributed by atoms with E-state index in [-0.39, 0.29) is 0 Å². The number of hydrogen-bond acceptors (Lipinski definition) is 6. The normalized spacial score (nSPS) is 12.2. The molecule has 0 saturated heterocycles. The molecule has 2 aromatic carbocycles. The van der Waals surface area contributed by atoms with Gasteiger partial charge in [0.1, 0.15) is 17.2 Å². The quantitative estimate of drug-likeness (QED) is 0.495. The molecule has 0 aliphatic rings. The highest BCUT2D eigenvalue weighted by Gasteiger charge is 2.14. The lowest BCUT2D eigenvalue weighted by Gasteiger charge is -2.11. The molecule has 0 atom stereocenters. The molecule has 0 bridgehead atoms. The second-order valence-corrected chi connectivity index (χ2v) is 7.45. The van der Waals surface area contributed by atoms with E-state index in [0.29, 0.717) is 6.54 Å². The molecule has 0 aliphatic carbocycles. The third-order valence-electron chi connectivity index (χ3n) is 4.55. The van der Waals surface area contributed by atoms with Gasteiger partial charge in [-0.25, -0.2) is 4.68 Å². The third kappa shape index (κ3) is 4.91. The number of benzene rings is 2. The maximum atomic E-state index is 5.61. The van der Waals surface area contributed by atoms with Crippen molar-refractivity contribution in [2.45, 2.75) is 20.3 Å². The molecule has 0 spiro atoms. The predicted molar refractivity (Wildman–Crippen MR) is 122 cm³/mol. The van der Waals surface area contributed by atoms with Gasteiger partial charge < -0.3 is 14.2 Å². The van der Waals surface area contributed by atoms with Gasteiger partial charge in [0.2, 0.25) is 4.80 Å². The van der Waals surface area contributed by atoms with Crippen LogP contribution in [0.4, 0.5) is 0 Å². The van der Waals surface area contributed by atoms with Gasteiger partial charge >= 0.3 is 0 Å². The molecule has 158 valence electrons. The number of hydrogen-bond donors (Lipinski definition) is 0. The van der Waals surface area contributed by atoms with Crippen LogP contribution < -0.4 is 19.0 Å². The largest absolute Gasteiger partial charge is 0.497 e. The first kappa shape index (κ1) is 21.6. The lowest BCUT2D eigenvalue weighted by Crippen LogP contribution is -2.15. The van der Waals surface area contributed by atoms with Gasteiger partial charge in [-0.15, -0.1) is 11.3 Å². The molecule has 0 unspecified atom stereocenters. The van der Waals surface area contributed by atoms with Crippen LogP contribution in [0.25, 0.3) is 11.3 Å². The molecule has 6 nitrogen and oxygen atoms in total. The van der Waals surface area contributed by atoms with Gasteiger partial charge in [0.25, 0.3) is 0 Å². The molecule has 0 saturated carbocycles. The summed E-state index contributed by atoms with van der Waals surface area (Å²) in [4.78, 5) is 5.46. The molecule has 3 rings (SSSR count). The molecule has 0 N–H and O–H groups in total. The van der Waals surface area contributed by atoms with Gasteiger partial charge in [-0.1, -0.05) is 12.1 Å². The summed E-state index contributed by atoms with van der Waals surface area (Å²) in [6.07, 6.45) is 0.734. The zero-order valence-corrected chi connectivity index (χ0v) is 18.8. The zero-order chi connectivity index (χ0) is 21.5. The lowest BCUT2D eigenvalue weighted by atomic mass is 10.1. The maximum Gasteiger partial charge on any atom is 0.206 e. The number of thiazole rings is 1. The molecule has 0 fully saturated rings. The first-order valence-corrected chi connectivity index (χ1v) is 10.6.